The molecule has 1 aliphatic carbocycles. The Labute approximate surface area is 80.1 Å². The Balaban J connectivity index is 2.37. The second kappa shape index (κ2) is 2.62. The predicted molar refractivity (Wildman–Crippen MR) is 47.9 cm³/mol. The van der Waals surface area contributed by atoms with Gasteiger partial charge in [-0.2, -0.15) is 13.2 Å². The van der Waals surface area contributed by atoms with Crippen molar-refractivity contribution in [2.75, 3.05) is 0 Å². The van der Waals surface area contributed by atoms with Crippen molar-refractivity contribution in [2.24, 2.45) is 0 Å². The molecule has 0 unspecified atom stereocenters. The van der Waals surface area contributed by atoms with Crippen LogP contribution in [-0.2, 0) is 11.6 Å². The number of alkyl halides is 3. The zero-order valence-corrected chi connectivity index (χ0v) is 7.60. The molecule has 0 bridgehead atoms. The number of hydrogen-bond acceptors (Lipinski definition) is 0. The summed E-state index contributed by atoms with van der Waals surface area (Å²) < 4.78 is 37.1. The molecule has 0 radical (unpaired) electrons. The Kier molecular flexibility index (Phi) is 1.74. The molecule has 1 aliphatic rings. The van der Waals surface area contributed by atoms with Gasteiger partial charge in [0.15, 0.2) is 0 Å². The fraction of sp³-hybridized carbons (Fsp3) is 0.273. The molecular weight excluding hydrogens is 189 g/mol. The third kappa shape index (κ3) is 1.54. The van der Waals surface area contributed by atoms with Crippen molar-refractivity contribution in [3.63, 3.8) is 0 Å². The van der Waals surface area contributed by atoms with E-state index in [-0.39, 0.29) is 5.41 Å². The van der Waals surface area contributed by atoms with Gasteiger partial charge < -0.3 is 0 Å². The molecule has 0 N–H and O–H groups in total. The van der Waals surface area contributed by atoms with E-state index in [0.717, 1.165) is 6.07 Å². The number of hydrogen-bond donors (Lipinski definition) is 0. The van der Waals surface area contributed by atoms with Gasteiger partial charge in [0.1, 0.15) is 0 Å². The number of halogens is 3. The number of rotatable bonds is 1. The summed E-state index contributed by atoms with van der Waals surface area (Å²) in [7, 11) is 0. The van der Waals surface area contributed by atoms with E-state index in [0.29, 0.717) is 5.56 Å². The molecule has 3 heteroatoms. The highest BCUT2D eigenvalue weighted by atomic mass is 19.4. The van der Waals surface area contributed by atoms with Crippen LogP contribution in [-0.4, -0.2) is 0 Å². The smallest absolute Gasteiger partial charge is 0.166 e. The molecule has 0 aromatic heterocycles. The SMILES string of the molecule is CC1(c2cccc(C(F)(F)F)c2)C=C1. The van der Waals surface area contributed by atoms with Crippen LogP contribution in [0.4, 0.5) is 13.2 Å². The second-order valence-electron chi connectivity index (χ2n) is 3.69. The largest absolute Gasteiger partial charge is 0.416 e. The van der Waals surface area contributed by atoms with Crippen molar-refractivity contribution in [3.8, 4) is 0 Å². The van der Waals surface area contributed by atoms with Crippen LogP contribution in [0.15, 0.2) is 36.4 Å². The van der Waals surface area contributed by atoms with E-state index in [4.69, 9.17) is 0 Å². The summed E-state index contributed by atoms with van der Waals surface area (Å²) in [4.78, 5) is 0. The Hall–Kier alpha value is -1.25. The molecule has 0 saturated carbocycles. The van der Waals surface area contributed by atoms with Crippen molar-refractivity contribution in [2.45, 2.75) is 18.5 Å². The van der Waals surface area contributed by atoms with Gasteiger partial charge in [0.05, 0.1) is 5.56 Å². The van der Waals surface area contributed by atoms with Crippen LogP contribution in [0.1, 0.15) is 18.1 Å². The third-order valence-electron chi connectivity index (χ3n) is 2.48. The van der Waals surface area contributed by atoms with Crippen LogP contribution in [0, 0.1) is 0 Å². The first kappa shape index (κ1) is 9.31. The first-order valence-electron chi connectivity index (χ1n) is 4.30. The fourth-order valence-corrected chi connectivity index (χ4v) is 1.35. The molecule has 1 aromatic carbocycles. The fourth-order valence-electron chi connectivity index (χ4n) is 1.35. The van der Waals surface area contributed by atoms with E-state index >= 15 is 0 Å². The van der Waals surface area contributed by atoms with Gasteiger partial charge >= 0.3 is 6.18 Å². The van der Waals surface area contributed by atoms with Gasteiger partial charge in [0.25, 0.3) is 0 Å². The van der Waals surface area contributed by atoms with Crippen molar-refractivity contribution >= 4 is 0 Å². The maximum atomic E-state index is 12.4. The summed E-state index contributed by atoms with van der Waals surface area (Å²) in [6, 6.07) is 5.47. The van der Waals surface area contributed by atoms with Gasteiger partial charge in [-0.3, -0.25) is 0 Å². The van der Waals surface area contributed by atoms with E-state index in [1.165, 1.54) is 12.1 Å². The first-order valence-corrected chi connectivity index (χ1v) is 4.30. The van der Waals surface area contributed by atoms with Crippen LogP contribution >= 0.6 is 0 Å². The maximum absolute atomic E-state index is 12.4. The standard InChI is InChI=1S/C11H9F3/c1-10(5-6-10)8-3-2-4-9(7-8)11(12,13)14/h2-7H,1H3. The summed E-state index contributed by atoms with van der Waals surface area (Å²) in [5, 5.41) is 0. The summed E-state index contributed by atoms with van der Waals surface area (Å²) >= 11 is 0. The predicted octanol–water partition coefficient (Wildman–Crippen LogP) is 3.53. The monoisotopic (exact) mass is 198 g/mol. The first-order chi connectivity index (χ1) is 6.42. The lowest BCUT2D eigenvalue weighted by Gasteiger charge is -2.12. The van der Waals surface area contributed by atoms with Crippen molar-refractivity contribution < 1.29 is 13.2 Å². The molecule has 0 heterocycles. The highest BCUT2D eigenvalue weighted by Gasteiger charge is 2.34. The molecule has 2 rings (SSSR count). The Morgan fingerprint density at radius 1 is 1.14 bits per heavy atom. The second-order valence-corrected chi connectivity index (χ2v) is 3.69. The normalized spacial score (nSPS) is 18.3. The molecule has 74 valence electrons. The minimum Gasteiger partial charge on any atom is -0.166 e. The Morgan fingerprint density at radius 2 is 1.79 bits per heavy atom. The summed E-state index contributed by atoms with van der Waals surface area (Å²) in [6.07, 6.45) is -0.466. The molecule has 0 spiro atoms. The molecule has 0 saturated heterocycles. The Morgan fingerprint density at radius 3 is 2.29 bits per heavy atom. The molecular formula is C11H9F3. The average Bonchev–Trinajstić information content (AvgIpc) is 2.84. The van der Waals surface area contributed by atoms with Crippen LogP contribution < -0.4 is 0 Å². The molecule has 0 aliphatic heterocycles. The van der Waals surface area contributed by atoms with Crippen LogP contribution in [0.5, 0.6) is 0 Å². The van der Waals surface area contributed by atoms with E-state index < -0.39 is 11.7 Å². The zero-order chi connectivity index (χ0) is 10.4. The molecule has 0 atom stereocenters. The highest BCUT2D eigenvalue weighted by molar-refractivity contribution is 5.47. The topological polar surface area (TPSA) is 0 Å². The summed E-state index contributed by atoms with van der Waals surface area (Å²) in [5.41, 5.74) is -0.126. The van der Waals surface area contributed by atoms with Gasteiger partial charge in [-0.05, 0) is 18.6 Å². The molecule has 1 aromatic rings. The average molecular weight is 198 g/mol. The number of benzene rings is 1. The maximum Gasteiger partial charge on any atom is 0.416 e. The zero-order valence-electron chi connectivity index (χ0n) is 7.60. The van der Waals surface area contributed by atoms with Gasteiger partial charge in [-0.1, -0.05) is 30.4 Å². The van der Waals surface area contributed by atoms with Crippen LogP contribution in [0.3, 0.4) is 0 Å². The molecule has 0 amide bonds. The van der Waals surface area contributed by atoms with Crippen molar-refractivity contribution in [3.05, 3.63) is 47.5 Å². The van der Waals surface area contributed by atoms with Gasteiger partial charge in [0, 0.05) is 5.41 Å². The molecule has 0 nitrogen and oxygen atoms in total. The quantitative estimate of drug-likeness (QED) is 0.605. The van der Waals surface area contributed by atoms with Crippen LogP contribution in [0.2, 0.25) is 0 Å². The molecule has 0 fully saturated rings. The lowest BCUT2D eigenvalue weighted by molar-refractivity contribution is -0.137. The van der Waals surface area contributed by atoms with Gasteiger partial charge in [-0.25, -0.2) is 0 Å². The lowest BCUT2D eigenvalue weighted by Crippen LogP contribution is -2.08. The summed E-state index contributed by atoms with van der Waals surface area (Å²) in [6.45, 7) is 1.89. The van der Waals surface area contributed by atoms with E-state index in [1.807, 2.05) is 19.1 Å². The van der Waals surface area contributed by atoms with Gasteiger partial charge in [-0.15, -0.1) is 0 Å². The van der Waals surface area contributed by atoms with Gasteiger partial charge in [0.2, 0.25) is 0 Å². The number of allylic oxidation sites excluding steroid dienone is 2. The highest BCUT2D eigenvalue weighted by Crippen LogP contribution is 2.40. The van der Waals surface area contributed by atoms with E-state index in [9.17, 15) is 13.2 Å². The lowest BCUT2D eigenvalue weighted by atomic mass is 9.94. The summed E-state index contributed by atoms with van der Waals surface area (Å²) in [5.74, 6) is 0. The van der Waals surface area contributed by atoms with E-state index in [2.05, 4.69) is 0 Å². The minimum absolute atomic E-state index is 0.249. The van der Waals surface area contributed by atoms with Crippen LogP contribution in [0.25, 0.3) is 0 Å². The van der Waals surface area contributed by atoms with E-state index in [1.54, 1.807) is 6.07 Å². The van der Waals surface area contributed by atoms with Crippen molar-refractivity contribution in [1.82, 2.24) is 0 Å². The van der Waals surface area contributed by atoms with Crippen molar-refractivity contribution in [1.29, 1.82) is 0 Å². The third-order valence-corrected chi connectivity index (χ3v) is 2.48. The molecule has 14 heavy (non-hydrogen) atoms. The minimum atomic E-state index is -4.25. The Bertz CT molecular complexity index is 361.